The topological polar surface area (TPSA) is 103 Å². The second-order valence-electron chi connectivity index (χ2n) is 6.76. The molecular formula is C19H19N3O4S3. The van der Waals surface area contributed by atoms with E-state index < -0.39 is 16.0 Å². The second kappa shape index (κ2) is 7.51. The number of thiophene rings is 1. The Hall–Kier alpha value is -2.30. The van der Waals surface area contributed by atoms with Gasteiger partial charge in [-0.05, 0) is 36.1 Å². The maximum atomic E-state index is 13.0. The lowest BCUT2D eigenvalue weighted by Gasteiger charge is -2.19. The van der Waals surface area contributed by atoms with E-state index in [9.17, 15) is 13.2 Å². The lowest BCUT2D eigenvalue weighted by Crippen LogP contribution is -2.26. The van der Waals surface area contributed by atoms with Crippen LogP contribution in [-0.4, -0.2) is 48.4 Å². The summed E-state index contributed by atoms with van der Waals surface area (Å²) < 4.78 is 27.5. The summed E-state index contributed by atoms with van der Waals surface area (Å²) >= 11 is 2.62. The number of aliphatic carboxylic acids is 1. The molecule has 0 saturated heterocycles. The van der Waals surface area contributed by atoms with E-state index in [0.29, 0.717) is 17.7 Å². The molecule has 1 aliphatic heterocycles. The Balaban J connectivity index is 1.73. The zero-order chi connectivity index (χ0) is 20.8. The molecular weight excluding hydrogens is 430 g/mol. The highest BCUT2D eigenvalue weighted by molar-refractivity contribution is 8.15. The van der Waals surface area contributed by atoms with Gasteiger partial charge >= 0.3 is 5.97 Å². The molecule has 0 saturated carbocycles. The number of rotatable bonds is 6. The number of anilines is 1. The smallest absolute Gasteiger partial charge is 0.304 e. The van der Waals surface area contributed by atoms with Crippen molar-refractivity contribution < 1.29 is 18.3 Å². The van der Waals surface area contributed by atoms with Crippen LogP contribution in [-0.2, 0) is 14.8 Å². The monoisotopic (exact) mass is 449 g/mol. The van der Waals surface area contributed by atoms with E-state index in [1.165, 1.54) is 27.4 Å². The molecule has 3 aromatic rings. The number of nitrogens with zero attached hydrogens (tertiary/aromatic N) is 2. The summed E-state index contributed by atoms with van der Waals surface area (Å²) in [5, 5.41) is 12.3. The van der Waals surface area contributed by atoms with Gasteiger partial charge in [0.2, 0.25) is 0 Å². The predicted molar refractivity (Wildman–Crippen MR) is 118 cm³/mol. The Kier molecular flexibility index (Phi) is 5.18. The van der Waals surface area contributed by atoms with Crippen LogP contribution >= 0.6 is 23.1 Å². The number of carboxylic acids is 1. The van der Waals surface area contributed by atoms with Gasteiger partial charge in [0.25, 0.3) is 10.0 Å². The Morgan fingerprint density at radius 2 is 2.17 bits per heavy atom. The first-order valence-electron chi connectivity index (χ1n) is 8.85. The molecule has 1 atom stereocenters. The van der Waals surface area contributed by atoms with Gasteiger partial charge in [-0.1, -0.05) is 23.9 Å². The third kappa shape index (κ3) is 3.67. The van der Waals surface area contributed by atoms with E-state index in [1.807, 2.05) is 19.1 Å². The fourth-order valence-electron chi connectivity index (χ4n) is 3.26. The molecule has 152 valence electrons. The van der Waals surface area contributed by atoms with E-state index in [4.69, 9.17) is 5.11 Å². The highest BCUT2D eigenvalue weighted by atomic mass is 32.2. The number of carbonyl (C=O) groups is 1. The van der Waals surface area contributed by atoms with Crippen LogP contribution in [0, 0.1) is 6.92 Å². The van der Waals surface area contributed by atoms with E-state index in [-0.39, 0.29) is 15.9 Å². The number of sulfonamides is 1. The number of H-pyrrole nitrogens is 1. The first-order valence-corrected chi connectivity index (χ1v) is 12.1. The van der Waals surface area contributed by atoms with E-state index >= 15 is 0 Å². The molecule has 0 amide bonds. The van der Waals surface area contributed by atoms with Gasteiger partial charge in [0.1, 0.15) is 9.25 Å². The molecule has 7 nitrogen and oxygen atoms in total. The van der Waals surface area contributed by atoms with Gasteiger partial charge in [-0.15, -0.1) is 11.3 Å². The summed E-state index contributed by atoms with van der Waals surface area (Å²) in [6, 6.07) is 8.95. The number of aryl methyl sites for hydroxylation is 1. The van der Waals surface area contributed by atoms with Gasteiger partial charge in [-0.2, -0.15) is 0 Å². The summed E-state index contributed by atoms with van der Waals surface area (Å²) in [4.78, 5) is 18.8. The molecule has 0 aliphatic carbocycles. The summed E-state index contributed by atoms with van der Waals surface area (Å²) in [7, 11) is -2.11. The fourth-order valence-corrected chi connectivity index (χ4v) is 6.71. The third-order valence-corrected chi connectivity index (χ3v) is 9.15. The molecule has 1 aliphatic rings. The van der Waals surface area contributed by atoms with Crippen molar-refractivity contribution in [1.29, 1.82) is 0 Å². The van der Waals surface area contributed by atoms with Crippen molar-refractivity contribution in [3.63, 3.8) is 0 Å². The predicted octanol–water partition coefficient (Wildman–Crippen LogP) is 3.70. The minimum absolute atomic E-state index is 0.0595. The van der Waals surface area contributed by atoms with Crippen molar-refractivity contribution in [2.24, 2.45) is 4.99 Å². The van der Waals surface area contributed by atoms with Crippen LogP contribution in [0.4, 0.5) is 5.69 Å². The molecule has 0 bridgehead atoms. The quantitative estimate of drug-likeness (QED) is 0.597. The van der Waals surface area contributed by atoms with Crippen LogP contribution in [0.1, 0.15) is 17.7 Å². The average Bonchev–Trinajstić information content (AvgIpc) is 3.41. The van der Waals surface area contributed by atoms with Crippen LogP contribution in [0.15, 0.2) is 44.9 Å². The molecule has 2 aromatic heterocycles. The van der Waals surface area contributed by atoms with Crippen LogP contribution in [0.3, 0.4) is 0 Å². The molecule has 0 spiro atoms. The van der Waals surface area contributed by atoms with Crippen molar-refractivity contribution in [3.05, 3.63) is 47.0 Å². The highest BCUT2D eigenvalue weighted by Crippen LogP contribution is 2.35. The highest BCUT2D eigenvalue weighted by Gasteiger charge is 2.27. The van der Waals surface area contributed by atoms with Crippen molar-refractivity contribution in [2.45, 2.75) is 22.8 Å². The van der Waals surface area contributed by atoms with E-state index in [1.54, 1.807) is 30.6 Å². The van der Waals surface area contributed by atoms with Crippen molar-refractivity contribution in [1.82, 2.24) is 4.98 Å². The first-order chi connectivity index (χ1) is 13.8. The summed E-state index contributed by atoms with van der Waals surface area (Å²) in [6.07, 6.45) is 0.0595. The zero-order valence-electron chi connectivity index (χ0n) is 15.7. The van der Waals surface area contributed by atoms with E-state index in [2.05, 4.69) is 9.98 Å². The SMILES string of the molecule is Cc1ccc(N(C)S(=O)(=O)c2cccs2)c2[nH]c(C3=NCC(CC(=O)O)S3)cc12. The van der Waals surface area contributed by atoms with Gasteiger partial charge in [-0.25, -0.2) is 8.42 Å². The van der Waals surface area contributed by atoms with Gasteiger partial charge in [0.15, 0.2) is 0 Å². The zero-order valence-corrected chi connectivity index (χ0v) is 18.2. The maximum absolute atomic E-state index is 13.0. The number of fused-ring (bicyclic) bond motifs is 1. The largest absolute Gasteiger partial charge is 0.481 e. The molecule has 1 unspecified atom stereocenters. The molecule has 3 heterocycles. The Bertz CT molecular complexity index is 1210. The van der Waals surface area contributed by atoms with Crippen molar-refractivity contribution in [2.75, 3.05) is 17.9 Å². The van der Waals surface area contributed by atoms with Crippen LogP contribution in [0.2, 0.25) is 0 Å². The number of thioether (sulfide) groups is 1. The molecule has 4 rings (SSSR count). The Labute approximate surface area is 176 Å². The number of hydrogen-bond acceptors (Lipinski definition) is 6. The van der Waals surface area contributed by atoms with Gasteiger partial charge in [0, 0.05) is 17.7 Å². The number of benzene rings is 1. The molecule has 1 aromatic carbocycles. The van der Waals surface area contributed by atoms with Crippen LogP contribution < -0.4 is 4.31 Å². The second-order valence-corrected chi connectivity index (χ2v) is 11.2. The van der Waals surface area contributed by atoms with Crippen molar-refractivity contribution in [3.8, 4) is 0 Å². The lowest BCUT2D eigenvalue weighted by atomic mass is 10.1. The average molecular weight is 450 g/mol. The number of aromatic amines is 1. The summed E-state index contributed by atoms with van der Waals surface area (Å²) in [5.74, 6) is -0.839. The van der Waals surface area contributed by atoms with Crippen molar-refractivity contribution >= 4 is 60.7 Å². The summed E-state index contributed by atoms with van der Waals surface area (Å²) in [6.45, 7) is 2.43. The minimum Gasteiger partial charge on any atom is -0.481 e. The number of carboxylic acid groups (broad SMARTS) is 1. The molecule has 10 heteroatoms. The van der Waals surface area contributed by atoms with Gasteiger partial charge in [-0.3, -0.25) is 14.1 Å². The lowest BCUT2D eigenvalue weighted by molar-refractivity contribution is -0.136. The number of aliphatic imine (C=N–C) groups is 1. The molecule has 2 N–H and O–H groups in total. The molecule has 0 radical (unpaired) electrons. The molecule has 29 heavy (non-hydrogen) atoms. The number of hydrogen-bond donors (Lipinski definition) is 2. The van der Waals surface area contributed by atoms with Crippen LogP contribution in [0.25, 0.3) is 10.9 Å². The summed E-state index contributed by atoms with van der Waals surface area (Å²) in [5.41, 5.74) is 3.05. The Morgan fingerprint density at radius 1 is 1.38 bits per heavy atom. The number of nitrogens with one attached hydrogen (secondary N) is 1. The Morgan fingerprint density at radius 3 is 2.86 bits per heavy atom. The van der Waals surface area contributed by atoms with Gasteiger partial charge < -0.3 is 10.1 Å². The molecule has 0 fully saturated rings. The van der Waals surface area contributed by atoms with Gasteiger partial charge in [0.05, 0.1) is 29.9 Å². The van der Waals surface area contributed by atoms with E-state index in [0.717, 1.165) is 21.7 Å². The van der Waals surface area contributed by atoms with Crippen LogP contribution in [0.5, 0.6) is 0 Å². The normalized spacial score (nSPS) is 16.9. The minimum atomic E-state index is -3.65. The fraction of sp³-hybridized carbons (Fsp3) is 0.263. The third-order valence-electron chi connectivity index (χ3n) is 4.79. The standard InChI is InChI=1S/C19H19N3O4S3/c1-11-5-6-15(22(2)29(25,26)17-4-3-7-27-17)18-13(11)9-14(21-18)19-20-10-12(28-19)8-16(23)24/h3-7,9,12,21H,8,10H2,1-2H3,(H,23,24). The maximum Gasteiger partial charge on any atom is 0.304 e. The number of aromatic nitrogens is 1. The first kappa shape index (κ1) is 20.0.